The zero-order chi connectivity index (χ0) is 23.3. The van der Waals surface area contributed by atoms with Gasteiger partial charge in [-0.1, -0.05) is 56.8 Å². The second kappa shape index (κ2) is 10.1. The van der Waals surface area contributed by atoms with Crippen molar-refractivity contribution in [2.45, 2.75) is 48.1 Å². The molecule has 2 N–H and O–H groups in total. The number of nitrogens with zero attached hydrogens (tertiary/aromatic N) is 1. The van der Waals surface area contributed by atoms with E-state index in [2.05, 4.69) is 22.2 Å². The molecule has 0 aliphatic rings. The van der Waals surface area contributed by atoms with Gasteiger partial charge in [0.25, 0.3) is 5.56 Å². The summed E-state index contributed by atoms with van der Waals surface area (Å²) in [4.78, 5) is 30.7. The van der Waals surface area contributed by atoms with Gasteiger partial charge in [-0.25, -0.2) is 13.4 Å². The number of hydrogen-bond donors (Lipinski definition) is 2. The van der Waals surface area contributed by atoms with Gasteiger partial charge in [-0.3, -0.25) is 9.59 Å². The van der Waals surface area contributed by atoms with Gasteiger partial charge in [0.15, 0.2) is 10.1 Å². The largest absolute Gasteiger partial charge is 0.325 e. The van der Waals surface area contributed by atoms with E-state index in [1.807, 2.05) is 38.1 Å². The minimum absolute atomic E-state index is 0.0151. The van der Waals surface area contributed by atoms with Gasteiger partial charge in [-0.2, -0.15) is 0 Å². The fourth-order valence-electron chi connectivity index (χ4n) is 2.95. The minimum atomic E-state index is -4.00. The van der Waals surface area contributed by atoms with Gasteiger partial charge in [0, 0.05) is 5.69 Å². The highest BCUT2D eigenvalue weighted by Gasteiger charge is 2.22. The van der Waals surface area contributed by atoms with E-state index < -0.39 is 20.3 Å². The highest BCUT2D eigenvalue weighted by Crippen LogP contribution is 2.22. The normalized spacial score (nSPS) is 11.5. The number of aromatic nitrogens is 2. The first-order chi connectivity index (χ1) is 15.2. The number of carbonyl (C=O) groups is 1. The van der Waals surface area contributed by atoms with E-state index >= 15 is 0 Å². The second-order valence-corrected chi connectivity index (χ2v) is 10.4. The summed E-state index contributed by atoms with van der Waals surface area (Å²) in [7, 11) is -4.00. The molecular weight excluding hydrogens is 446 g/mol. The summed E-state index contributed by atoms with van der Waals surface area (Å²) in [5.74, 6) is 0.0196. The maximum atomic E-state index is 12.8. The lowest BCUT2D eigenvalue weighted by Gasteiger charge is -2.08. The molecular formula is C23H25N3O4S2. The lowest BCUT2D eigenvalue weighted by atomic mass is 10.0. The topological polar surface area (TPSA) is 109 Å². The van der Waals surface area contributed by atoms with Gasteiger partial charge in [0.05, 0.1) is 16.8 Å². The summed E-state index contributed by atoms with van der Waals surface area (Å²) in [5, 5.41) is 2.94. The molecule has 32 heavy (non-hydrogen) atoms. The molecule has 0 aliphatic heterocycles. The van der Waals surface area contributed by atoms with Crippen LogP contribution in [-0.2, 0) is 21.1 Å². The van der Waals surface area contributed by atoms with Crippen LogP contribution in [0.15, 0.2) is 74.5 Å². The molecule has 1 aromatic heterocycles. The van der Waals surface area contributed by atoms with Gasteiger partial charge in [0.1, 0.15) is 0 Å². The number of thioether (sulfide) groups is 1. The number of H-pyrrole nitrogens is 1. The van der Waals surface area contributed by atoms with Crippen molar-refractivity contribution in [3.8, 4) is 0 Å². The first-order valence-electron chi connectivity index (χ1n) is 10.2. The van der Waals surface area contributed by atoms with Crippen LogP contribution in [0, 0.1) is 0 Å². The molecule has 9 heteroatoms. The van der Waals surface area contributed by atoms with Crippen LogP contribution in [0.1, 0.15) is 37.8 Å². The smallest absolute Gasteiger partial charge is 0.270 e. The number of aryl methyl sites for hydroxylation is 1. The summed E-state index contributed by atoms with van der Waals surface area (Å²) in [6, 6.07) is 14.0. The van der Waals surface area contributed by atoms with E-state index in [1.54, 1.807) is 12.1 Å². The Bertz CT molecular complexity index is 1250. The van der Waals surface area contributed by atoms with Crippen LogP contribution < -0.4 is 10.9 Å². The zero-order valence-corrected chi connectivity index (χ0v) is 19.7. The third kappa shape index (κ3) is 5.66. The van der Waals surface area contributed by atoms with Gasteiger partial charge in [-0.05, 0) is 47.7 Å². The average molecular weight is 472 g/mol. The molecule has 0 saturated heterocycles. The van der Waals surface area contributed by atoms with Crippen LogP contribution >= 0.6 is 11.8 Å². The van der Waals surface area contributed by atoms with Crippen LogP contribution in [0.3, 0.4) is 0 Å². The van der Waals surface area contributed by atoms with Crippen LogP contribution in [-0.4, -0.2) is 30.0 Å². The molecule has 168 valence electrons. The first-order valence-corrected chi connectivity index (χ1v) is 12.6. The summed E-state index contributed by atoms with van der Waals surface area (Å²) >= 11 is 1.02. The lowest BCUT2D eigenvalue weighted by Crippen LogP contribution is -2.20. The summed E-state index contributed by atoms with van der Waals surface area (Å²) < 4.78 is 25.7. The molecule has 7 nitrogen and oxygen atoms in total. The standard InChI is InChI=1S/C23H25N3O4S2/c1-4-16-5-9-18(10-6-16)25-21(27)14-31-23-24-13-20(22(28)26-23)32(29,30)19-11-7-17(8-12-19)15(2)3/h5-13,15H,4,14H2,1-3H3,(H,25,27)(H,24,26,28). The fourth-order valence-corrected chi connectivity index (χ4v) is 4.81. The van der Waals surface area contributed by atoms with Gasteiger partial charge < -0.3 is 10.3 Å². The highest BCUT2D eigenvalue weighted by molar-refractivity contribution is 7.99. The van der Waals surface area contributed by atoms with E-state index in [1.165, 1.54) is 17.7 Å². The fraction of sp³-hybridized carbons (Fsp3) is 0.261. The molecule has 1 heterocycles. The second-order valence-electron chi connectivity index (χ2n) is 7.50. The van der Waals surface area contributed by atoms with E-state index in [-0.39, 0.29) is 27.6 Å². The van der Waals surface area contributed by atoms with Crippen molar-refractivity contribution in [1.29, 1.82) is 0 Å². The Kier molecular flexibility index (Phi) is 7.52. The molecule has 0 saturated carbocycles. The Morgan fingerprint density at radius 1 is 1.09 bits per heavy atom. The maximum Gasteiger partial charge on any atom is 0.270 e. The SMILES string of the molecule is CCc1ccc(NC(=O)CSc2ncc(S(=O)(=O)c3ccc(C(C)C)cc3)c(=O)[nH]2)cc1. The first kappa shape index (κ1) is 23.7. The van der Waals surface area contributed by atoms with Crippen molar-refractivity contribution in [3.63, 3.8) is 0 Å². The van der Waals surface area contributed by atoms with E-state index in [9.17, 15) is 18.0 Å². The number of hydrogen-bond acceptors (Lipinski definition) is 6. The van der Waals surface area contributed by atoms with Crippen LogP contribution in [0.5, 0.6) is 0 Å². The molecule has 0 atom stereocenters. The number of amides is 1. The molecule has 2 aromatic carbocycles. The van der Waals surface area contributed by atoms with Gasteiger partial charge in [-0.15, -0.1) is 0 Å². The zero-order valence-electron chi connectivity index (χ0n) is 18.1. The summed E-state index contributed by atoms with van der Waals surface area (Å²) in [6.07, 6.45) is 1.95. The molecule has 3 aromatic rings. The van der Waals surface area contributed by atoms with E-state index in [0.717, 1.165) is 29.9 Å². The number of rotatable bonds is 8. The minimum Gasteiger partial charge on any atom is -0.325 e. The van der Waals surface area contributed by atoms with Crippen molar-refractivity contribution in [3.05, 3.63) is 76.2 Å². The predicted octanol–water partition coefficient (Wildman–Crippen LogP) is 4.02. The van der Waals surface area contributed by atoms with E-state index in [0.29, 0.717) is 5.69 Å². The van der Waals surface area contributed by atoms with Crippen LogP contribution in [0.2, 0.25) is 0 Å². The number of aromatic amines is 1. The number of benzene rings is 2. The monoisotopic (exact) mass is 471 g/mol. The van der Waals surface area contributed by atoms with Crippen molar-refractivity contribution in [2.75, 3.05) is 11.1 Å². The third-order valence-corrected chi connectivity index (χ3v) is 7.53. The molecule has 0 aliphatic carbocycles. The van der Waals surface area contributed by atoms with Crippen molar-refractivity contribution in [1.82, 2.24) is 9.97 Å². The van der Waals surface area contributed by atoms with Crippen molar-refractivity contribution in [2.24, 2.45) is 0 Å². The van der Waals surface area contributed by atoms with Crippen molar-refractivity contribution < 1.29 is 13.2 Å². The molecule has 3 rings (SSSR count). The predicted molar refractivity (Wildman–Crippen MR) is 126 cm³/mol. The Morgan fingerprint density at radius 2 is 1.75 bits per heavy atom. The number of nitrogens with one attached hydrogen (secondary N) is 2. The molecule has 0 bridgehead atoms. The molecule has 0 radical (unpaired) electrons. The number of carbonyl (C=O) groups excluding carboxylic acids is 1. The molecule has 0 unspecified atom stereocenters. The van der Waals surface area contributed by atoms with Gasteiger partial charge in [0.2, 0.25) is 15.7 Å². The maximum absolute atomic E-state index is 12.8. The quantitative estimate of drug-likeness (QED) is 0.379. The number of sulfone groups is 1. The molecule has 0 fully saturated rings. The van der Waals surface area contributed by atoms with E-state index in [4.69, 9.17) is 0 Å². The summed E-state index contributed by atoms with van der Waals surface area (Å²) in [5.41, 5.74) is 2.08. The summed E-state index contributed by atoms with van der Waals surface area (Å²) in [6.45, 7) is 6.07. The Labute approximate surface area is 191 Å². The third-order valence-electron chi connectivity index (χ3n) is 4.88. The molecule has 0 spiro atoms. The Balaban J connectivity index is 1.67. The average Bonchev–Trinajstić information content (AvgIpc) is 2.78. The van der Waals surface area contributed by atoms with Gasteiger partial charge >= 0.3 is 0 Å². The molecule has 1 amide bonds. The number of anilines is 1. The Morgan fingerprint density at radius 3 is 2.31 bits per heavy atom. The van der Waals surface area contributed by atoms with Crippen molar-refractivity contribution >= 4 is 33.2 Å². The lowest BCUT2D eigenvalue weighted by molar-refractivity contribution is -0.113. The van der Waals surface area contributed by atoms with Crippen LogP contribution in [0.4, 0.5) is 5.69 Å². The Hall–Kier alpha value is -2.91. The highest BCUT2D eigenvalue weighted by atomic mass is 32.2. The van der Waals surface area contributed by atoms with Crippen LogP contribution in [0.25, 0.3) is 0 Å².